The summed E-state index contributed by atoms with van der Waals surface area (Å²) < 4.78 is 56.9. The van der Waals surface area contributed by atoms with Crippen molar-refractivity contribution < 1.29 is 46.5 Å². The average Bonchev–Trinajstić information content (AvgIpc) is 3.10. The Balaban J connectivity index is 0.000000416. The first-order chi connectivity index (χ1) is 24.6. The van der Waals surface area contributed by atoms with Gasteiger partial charge in [-0.15, -0.1) is 0 Å². The van der Waals surface area contributed by atoms with E-state index < -0.39 is 22.4 Å². The quantitative estimate of drug-likeness (QED) is 0.0744. The average molecular weight is 773 g/mol. The second-order valence-electron chi connectivity index (χ2n) is 13.4. The molecular weight excluding hydrogens is 714 g/mol. The van der Waals surface area contributed by atoms with Gasteiger partial charge >= 0.3 is 15.6 Å². The third-order valence-electron chi connectivity index (χ3n) is 7.94. The Morgan fingerprint density at radius 3 is 1.09 bits per heavy atom. The number of benzene rings is 4. The number of phosphoric ester groups is 2. The third kappa shape index (κ3) is 15.5. The summed E-state index contributed by atoms with van der Waals surface area (Å²) in [5.74, 6) is 2.47. The van der Waals surface area contributed by atoms with E-state index in [-0.39, 0.29) is 51.1 Å². The van der Waals surface area contributed by atoms with Crippen LogP contribution >= 0.6 is 15.6 Å². The molecule has 2 N–H and O–H groups in total. The van der Waals surface area contributed by atoms with Crippen LogP contribution in [-0.2, 0) is 40.4 Å². The normalized spacial score (nSPS) is 11.7. The van der Waals surface area contributed by atoms with Gasteiger partial charge in [-0.1, -0.05) is 160 Å². The van der Waals surface area contributed by atoms with E-state index in [4.69, 9.17) is 32.8 Å². The molecule has 10 nitrogen and oxygen atoms in total. The summed E-state index contributed by atoms with van der Waals surface area (Å²) in [6.07, 6.45) is 0. The number of hydrogen-bond acceptors (Lipinski definition) is 8. The van der Waals surface area contributed by atoms with Crippen LogP contribution in [0, 0.1) is 0 Å². The lowest BCUT2D eigenvalue weighted by Crippen LogP contribution is -2.09. The van der Waals surface area contributed by atoms with Gasteiger partial charge in [0.25, 0.3) is 0 Å². The SMILES string of the molecule is C.CC(C)c1cccc(C(C)C)c1OCOP(=O)(O)O.CC(C)c1cccc(C(C)C)c1OCOP(=O)(OCc1ccccc1)OCc1ccccc1. The molecule has 0 amide bonds. The van der Waals surface area contributed by atoms with Gasteiger partial charge in [-0.25, -0.2) is 18.2 Å². The molecular formula is C41H58O10P2. The maximum absolute atomic E-state index is 13.4. The van der Waals surface area contributed by atoms with Crippen molar-refractivity contribution in [2.24, 2.45) is 0 Å². The van der Waals surface area contributed by atoms with Crippen LogP contribution in [0.3, 0.4) is 0 Å². The van der Waals surface area contributed by atoms with Gasteiger partial charge in [0.05, 0.1) is 13.2 Å². The van der Waals surface area contributed by atoms with E-state index in [1.807, 2.05) is 125 Å². The first-order valence-corrected chi connectivity index (χ1v) is 20.4. The second kappa shape index (κ2) is 22.2. The van der Waals surface area contributed by atoms with Gasteiger partial charge in [0, 0.05) is 0 Å². The van der Waals surface area contributed by atoms with Gasteiger partial charge < -0.3 is 19.3 Å². The molecule has 0 saturated heterocycles. The molecule has 0 aliphatic heterocycles. The molecule has 0 unspecified atom stereocenters. The monoisotopic (exact) mass is 772 g/mol. The highest BCUT2D eigenvalue weighted by atomic mass is 31.2. The van der Waals surface area contributed by atoms with Crippen molar-refractivity contribution >= 4 is 15.6 Å². The second-order valence-corrected chi connectivity index (χ2v) is 16.3. The molecule has 292 valence electrons. The Hall–Kier alpha value is -3.30. The van der Waals surface area contributed by atoms with E-state index in [0.717, 1.165) is 39.1 Å². The van der Waals surface area contributed by atoms with Gasteiger partial charge in [-0.2, -0.15) is 0 Å². The molecule has 4 rings (SSSR count). The third-order valence-corrected chi connectivity index (χ3v) is 9.70. The van der Waals surface area contributed by atoms with Crippen molar-refractivity contribution in [3.63, 3.8) is 0 Å². The molecule has 0 radical (unpaired) electrons. The number of ether oxygens (including phenoxy) is 2. The van der Waals surface area contributed by atoms with Crippen molar-refractivity contribution in [3.05, 3.63) is 130 Å². The fourth-order valence-electron chi connectivity index (χ4n) is 5.17. The zero-order valence-electron chi connectivity index (χ0n) is 31.4. The molecule has 0 atom stereocenters. The summed E-state index contributed by atoms with van der Waals surface area (Å²) in [7, 11) is -8.40. The Kier molecular flexibility index (Phi) is 19.2. The fourth-order valence-corrected chi connectivity index (χ4v) is 6.38. The highest BCUT2D eigenvalue weighted by molar-refractivity contribution is 7.48. The first-order valence-electron chi connectivity index (χ1n) is 17.4. The van der Waals surface area contributed by atoms with E-state index in [1.165, 1.54) is 0 Å². The lowest BCUT2D eigenvalue weighted by atomic mass is 9.94. The predicted octanol–water partition coefficient (Wildman–Crippen LogP) is 11.8. The van der Waals surface area contributed by atoms with Crippen molar-refractivity contribution in [1.29, 1.82) is 0 Å². The first kappa shape index (κ1) is 45.9. The molecule has 0 spiro atoms. The summed E-state index contributed by atoms with van der Waals surface area (Å²) in [6, 6.07) is 31.0. The predicted molar refractivity (Wildman–Crippen MR) is 211 cm³/mol. The van der Waals surface area contributed by atoms with E-state index in [1.54, 1.807) is 0 Å². The van der Waals surface area contributed by atoms with Crippen LogP contribution < -0.4 is 9.47 Å². The fraction of sp³-hybridized carbons (Fsp3) is 0.415. The molecule has 53 heavy (non-hydrogen) atoms. The molecule has 0 saturated carbocycles. The summed E-state index contributed by atoms with van der Waals surface area (Å²) in [4.78, 5) is 17.3. The Morgan fingerprint density at radius 1 is 0.472 bits per heavy atom. The zero-order valence-corrected chi connectivity index (χ0v) is 33.2. The van der Waals surface area contributed by atoms with Crippen LogP contribution in [-0.4, -0.2) is 23.4 Å². The van der Waals surface area contributed by atoms with Crippen LogP contribution in [0.1, 0.15) is 120 Å². The summed E-state index contributed by atoms with van der Waals surface area (Å²) >= 11 is 0. The lowest BCUT2D eigenvalue weighted by Gasteiger charge is -2.22. The largest absolute Gasteiger partial charge is 0.478 e. The minimum atomic E-state index is -4.51. The van der Waals surface area contributed by atoms with Crippen molar-refractivity contribution in [3.8, 4) is 11.5 Å². The molecule has 0 aliphatic carbocycles. The molecule has 4 aromatic rings. The van der Waals surface area contributed by atoms with Crippen molar-refractivity contribution in [2.45, 2.75) is 99.7 Å². The Labute approximate surface area is 316 Å². The molecule has 0 aromatic heterocycles. The van der Waals surface area contributed by atoms with E-state index in [2.05, 4.69) is 32.2 Å². The minimum Gasteiger partial charge on any atom is -0.466 e. The van der Waals surface area contributed by atoms with Crippen LogP contribution in [0.25, 0.3) is 0 Å². The van der Waals surface area contributed by atoms with E-state index in [9.17, 15) is 9.13 Å². The molecule has 0 heterocycles. The van der Waals surface area contributed by atoms with Gasteiger partial charge in [0.1, 0.15) is 11.5 Å². The van der Waals surface area contributed by atoms with Crippen LogP contribution in [0.4, 0.5) is 0 Å². The maximum atomic E-state index is 13.4. The number of hydrogen-bond donors (Lipinski definition) is 2. The molecule has 0 aliphatic rings. The smallest absolute Gasteiger partial charge is 0.466 e. The van der Waals surface area contributed by atoms with E-state index in [0.29, 0.717) is 5.75 Å². The van der Waals surface area contributed by atoms with Crippen molar-refractivity contribution in [2.75, 3.05) is 13.6 Å². The minimum absolute atomic E-state index is 0. The molecule has 0 fully saturated rings. The molecule has 0 bridgehead atoms. The van der Waals surface area contributed by atoms with Gasteiger partial charge in [-0.05, 0) is 57.1 Å². The Morgan fingerprint density at radius 2 is 0.792 bits per heavy atom. The van der Waals surface area contributed by atoms with Gasteiger partial charge in [0.15, 0.2) is 13.6 Å². The van der Waals surface area contributed by atoms with Crippen LogP contribution in [0.5, 0.6) is 11.5 Å². The van der Waals surface area contributed by atoms with Gasteiger partial charge in [-0.3, -0.25) is 9.05 Å². The standard InChI is InChI=1S/C27H33O5P.C13H21O5P.CH4/c1-21(2)25-16-11-17-26(22(3)4)27(25)29-20-32-33(28,30-18-23-12-7-5-8-13-23)31-19-24-14-9-6-10-15-24;1-9(2)11-6-5-7-12(10(3)4)13(11)17-8-18-19(14,15)16;/h5-17,21-22H,18-20H2,1-4H3;5-7,9-10H,8H2,1-4H3,(H2,14,15,16);1H4. The van der Waals surface area contributed by atoms with E-state index >= 15 is 0 Å². The topological polar surface area (TPSA) is 130 Å². The lowest BCUT2D eigenvalue weighted by molar-refractivity contribution is 0.0433. The number of phosphoric acid groups is 2. The zero-order chi connectivity index (χ0) is 38.3. The molecule has 4 aromatic carbocycles. The Bertz CT molecular complexity index is 1640. The number of rotatable bonds is 18. The highest BCUT2D eigenvalue weighted by Crippen LogP contribution is 2.51. The van der Waals surface area contributed by atoms with Gasteiger partial charge in [0.2, 0.25) is 0 Å². The number of para-hydroxylation sites is 2. The van der Waals surface area contributed by atoms with Crippen LogP contribution in [0.2, 0.25) is 0 Å². The maximum Gasteiger partial charge on any atom is 0.478 e. The summed E-state index contributed by atoms with van der Waals surface area (Å²) in [5, 5.41) is 0. The highest BCUT2D eigenvalue weighted by Gasteiger charge is 2.28. The van der Waals surface area contributed by atoms with Crippen molar-refractivity contribution in [1.82, 2.24) is 0 Å². The van der Waals surface area contributed by atoms with Crippen LogP contribution in [0.15, 0.2) is 97.1 Å². The molecule has 12 heteroatoms. The summed E-state index contributed by atoms with van der Waals surface area (Å²) in [5.41, 5.74) is 5.90. The summed E-state index contributed by atoms with van der Waals surface area (Å²) in [6.45, 7) is 16.1.